The number of nitrogens with one attached hydrogen (secondary N) is 1. The maximum absolute atomic E-state index is 12.2. The molecule has 0 amide bonds. The van der Waals surface area contributed by atoms with Crippen molar-refractivity contribution in [2.24, 2.45) is 5.73 Å². The minimum Gasteiger partial charge on any atom is -0.383 e. The second-order valence-electron chi connectivity index (χ2n) is 4.99. The van der Waals surface area contributed by atoms with Crippen LogP contribution in [0.4, 0.5) is 0 Å². The number of likely N-dealkylation sites (N-methyl/N-ethyl adjacent to an activating group) is 1. The Bertz CT molecular complexity index is 546. The first-order chi connectivity index (χ1) is 9.90. The lowest BCUT2D eigenvalue weighted by atomic mass is 10.1. The highest BCUT2D eigenvalue weighted by Crippen LogP contribution is 2.14. The van der Waals surface area contributed by atoms with Crippen LogP contribution in [0.2, 0.25) is 0 Å². The third kappa shape index (κ3) is 5.72. The molecule has 1 aromatic carbocycles. The van der Waals surface area contributed by atoms with E-state index in [2.05, 4.69) is 4.72 Å². The van der Waals surface area contributed by atoms with Crippen LogP contribution in [-0.2, 0) is 21.3 Å². The van der Waals surface area contributed by atoms with E-state index in [1.165, 1.54) is 0 Å². The van der Waals surface area contributed by atoms with Crippen molar-refractivity contribution in [1.82, 2.24) is 9.62 Å². The van der Waals surface area contributed by atoms with Crippen LogP contribution in [0.25, 0.3) is 0 Å². The van der Waals surface area contributed by atoms with Gasteiger partial charge in [0.1, 0.15) is 0 Å². The molecule has 1 aromatic rings. The fourth-order valence-electron chi connectivity index (χ4n) is 1.85. The van der Waals surface area contributed by atoms with E-state index < -0.39 is 10.0 Å². The number of methoxy groups -OCH3 is 1. The maximum atomic E-state index is 12.2. The van der Waals surface area contributed by atoms with Crippen molar-refractivity contribution in [3.8, 4) is 0 Å². The average Bonchev–Trinajstić information content (AvgIpc) is 2.45. The molecule has 0 aliphatic carbocycles. The molecule has 0 fully saturated rings. The normalized spacial score (nSPS) is 12.0. The molecular formula is C14H25N3O3S. The zero-order valence-corrected chi connectivity index (χ0v) is 13.7. The summed E-state index contributed by atoms with van der Waals surface area (Å²) in [5, 5.41) is 0. The summed E-state index contributed by atoms with van der Waals surface area (Å²) in [5.41, 5.74) is 7.45. The first kappa shape index (κ1) is 18.1. The summed E-state index contributed by atoms with van der Waals surface area (Å²) in [6.07, 6.45) is 0. The number of aryl methyl sites for hydroxylation is 1. The van der Waals surface area contributed by atoms with E-state index in [9.17, 15) is 8.42 Å². The van der Waals surface area contributed by atoms with Gasteiger partial charge < -0.3 is 15.4 Å². The van der Waals surface area contributed by atoms with Crippen LogP contribution in [0.5, 0.6) is 0 Å². The molecule has 0 bridgehead atoms. The number of hydrogen-bond donors (Lipinski definition) is 2. The second-order valence-corrected chi connectivity index (χ2v) is 6.75. The predicted molar refractivity (Wildman–Crippen MR) is 83.6 cm³/mol. The molecule has 0 aromatic heterocycles. The zero-order valence-electron chi connectivity index (χ0n) is 12.9. The van der Waals surface area contributed by atoms with Gasteiger partial charge in [0.2, 0.25) is 10.0 Å². The molecule has 0 saturated heterocycles. The third-order valence-electron chi connectivity index (χ3n) is 3.31. The Kier molecular flexibility index (Phi) is 7.27. The molecule has 0 spiro atoms. The minimum absolute atomic E-state index is 0.257. The average molecular weight is 315 g/mol. The lowest BCUT2D eigenvalue weighted by Gasteiger charge is -2.16. The van der Waals surface area contributed by atoms with Gasteiger partial charge >= 0.3 is 0 Å². The summed E-state index contributed by atoms with van der Waals surface area (Å²) >= 11 is 0. The van der Waals surface area contributed by atoms with Crippen LogP contribution in [0.1, 0.15) is 11.1 Å². The summed E-state index contributed by atoms with van der Waals surface area (Å²) in [7, 11) is 0.0749. The summed E-state index contributed by atoms with van der Waals surface area (Å²) in [5.74, 6) is 0. The van der Waals surface area contributed by atoms with Crippen molar-refractivity contribution in [2.75, 3.05) is 40.4 Å². The number of sulfonamides is 1. The Hall–Kier alpha value is -0.990. The SMILES string of the molecule is COCCN(C)CCNS(=O)(=O)c1ccc(C)c(CN)c1. The number of benzene rings is 1. The second kappa shape index (κ2) is 8.45. The number of nitrogens with two attached hydrogens (primary N) is 1. The molecule has 0 aliphatic rings. The number of ether oxygens (including phenoxy) is 1. The lowest BCUT2D eigenvalue weighted by Crippen LogP contribution is -2.34. The summed E-state index contributed by atoms with van der Waals surface area (Å²) < 4.78 is 32.0. The summed E-state index contributed by atoms with van der Waals surface area (Å²) in [6.45, 7) is 4.61. The minimum atomic E-state index is -3.49. The maximum Gasteiger partial charge on any atom is 0.240 e. The highest BCUT2D eigenvalue weighted by Gasteiger charge is 2.14. The van der Waals surface area contributed by atoms with E-state index in [4.69, 9.17) is 10.5 Å². The van der Waals surface area contributed by atoms with Crippen molar-refractivity contribution in [1.29, 1.82) is 0 Å². The fourth-order valence-corrected chi connectivity index (χ4v) is 2.92. The predicted octanol–water partition coefficient (Wildman–Crippen LogP) is 0.310. The fraction of sp³-hybridized carbons (Fsp3) is 0.571. The van der Waals surface area contributed by atoms with E-state index in [0.29, 0.717) is 26.2 Å². The van der Waals surface area contributed by atoms with E-state index in [0.717, 1.165) is 17.7 Å². The Balaban J connectivity index is 2.61. The van der Waals surface area contributed by atoms with Gasteiger partial charge in [0.05, 0.1) is 11.5 Å². The molecule has 0 aliphatic heterocycles. The standard InChI is InChI=1S/C14H25N3O3S/c1-12-4-5-14(10-13(12)11-15)21(18,19)16-6-7-17(2)8-9-20-3/h4-5,10,16H,6-9,11,15H2,1-3H3. The van der Waals surface area contributed by atoms with Crippen LogP contribution in [0.15, 0.2) is 23.1 Å². The van der Waals surface area contributed by atoms with Gasteiger partial charge in [-0.3, -0.25) is 0 Å². The third-order valence-corrected chi connectivity index (χ3v) is 4.77. The topological polar surface area (TPSA) is 84.7 Å². The van der Waals surface area contributed by atoms with E-state index >= 15 is 0 Å². The molecule has 120 valence electrons. The van der Waals surface area contributed by atoms with Gasteiger partial charge in [0.15, 0.2) is 0 Å². The highest BCUT2D eigenvalue weighted by atomic mass is 32.2. The van der Waals surface area contributed by atoms with Crippen molar-refractivity contribution in [3.05, 3.63) is 29.3 Å². The smallest absolute Gasteiger partial charge is 0.240 e. The van der Waals surface area contributed by atoms with Gasteiger partial charge in [0, 0.05) is 33.3 Å². The molecule has 3 N–H and O–H groups in total. The van der Waals surface area contributed by atoms with Crippen LogP contribution < -0.4 is 10.5 Å². The van der Waals surface area contributed by atoms with Gasteiger partial charge in [-0.05, 0) is 37.2 Å². The van der Waals surface area contributed by atoms with Gasteiger partial charge in [-0.2, -0.15) is 0 Å². The quantitative estimate of drug-likeness (QED) is 0.685. The van der Waals surface area contributed by atoms with Crippen LogP contribution >= 0.6 is 0 Å². The van der Waals surface area contributed by atoms with Crippen LogP contribution in [-0.4, -0.2) is 53.7 Å². The van der Waals surface area contributed by atoms with Crippen molar-refractivity contribution in [2.45, 2.75) is 18.4 Å². The largest absolute Gasteiger partial charge is 0.383 e. The molecule has 0 unspecified atom stereocenters. The molecule has 7 heteroatoms. The van der Waals surface area contributed by atoms with Gasteiger partial charge in [0.25, 0.3) is 0 Å². The number of hydrogen-bond acceptors (Lipinski definition) is 5. The summed E-state index contributed by atoms with van der Waals surface area (Å²) in [4.78, 5) is 2.26. The van der Waals surface area contributed by atoms with E-state index in [-0.39, 0.29) is 4.90 Å². The molecule has 0 heterocycles. The summed E-state index contributed by atoms with van der Waals surface area (Å²) in [6, 6.07) is 5.01. The molecular weight excluding hydrogens is 290 g/mol. The highest BCUT2D eigenvalue weighted by molar-refractivity contribution is 7.89. The molecule has 21 heavy (non-hydrogen) atoms. The van der Waals surface area contributed by atoms with E-state index in [1.54, 1.807) is 25.3 Å². The van der Waals surface area contributed by atoms with Gasteiger partial charge in [-0.25, -0.2) is 13.1 Å². The number of nitrogens with zero attached hydrogens (tertiary/aromatic N) is 1. The van der Waals surface area contributed by atoms with Gasteiger partial charge in [-0.15, -0.1) is 0 Å². The Morgan fingerprint density at radius 2 is 2.05 bits per heavy atom. The number of rotatable bonds is 9. The Morgan fingerprint density at radius 3 is 2.67 bits per heavy atom. The molecule has 6 nitrogen and oxygen atoms in total. The monoisotopic (exact) mass is 315 g/mol. The molecule has 0 radical (unpaired) electrons. The Labute approximate surface area is 127 Å². The van der Waals surface area contributed by atoms with E-state index in [1.807, 2.05) is 18.9 Å². The molecule has 1 rings (SSSR count). The molecule has 0 atom stereocenters. The zero-order chi connectivity index (χ0) is 15.9. The molecule has 0 saturated carbocycles. The Morgan fingerprint density at radius 1 is 1.33 bits per heavy atom. The van der Waals surface area contributed by atoms with Crippen molar-refractivity contribution >= 4 is 10.0 Å². The lowest BCUT2D eigenvalue weighted by molar-refractivity contribution is 0.162. The first-order valence-electron chi connectivity index (χ1n) is 6.87. The van der Waals surface area contributed by atoms with Crippen LogP contribution in [0, 0.1) is 6.92 Å². The first-order valence-corrected chi connectivity index (χ1v) is 8.35. The van der Waals surface area contributed by atoms with Crippen LogP contribution in [0.3, 0.4) is 0 Å². The van der Waals surface area contributed by atoms with Crippen molar-refractivity contribution in [3.63, 3.8) is 0 Å². The van der Waals surface area contributed by atoms with Gasteiger partial charge in [-0.1, -0.05) is 6.07 Å². The van der Waals surface area contributed by atoms with Crippen molar-refractivity contribution < 1.29 is 13.2 Å².